The summed E-state index contributed by atoms with van der Waals surface area (Å²) in [4.78, 5) is 66.8. The molecule has 0 saturated carbocycles. The highest BCUT2D eigenvalue weighted by Crippen LogP contribution is 2.34. The number of aliphatic carboxylic acids is 1. The number of carbonyl (C=O) groups excluding carboxylic acids is 3. The van der Waals surface area contributed by atoms with Gasteiger partial charge >= 0.3 is 23.9 Å². The molecule has 226 valence electrons. The third-order valence-electron chi connectivity index (χ3n) is 6.29. The molecule has 0 saturated heterocycles. The fourth-order valence-corrected chi connectivity index (χ4v) is 4.20. The predicted molar refractivity (Wildman–Crippen MR) is 144 cm³/mol. The topological polar surface area (TPSA) is 221 Å². The number of nitro groups is 2. The highest BCUT2D eigenvalue weighted by Gasteiger charge is 2.30. The summed E-state index contributed by atoms with van der Waals surface area (Å²) in [5, 5.41) is 31.5. The van der Waals surface area contributed by atoms with Gasteiger partial charge in [0, 0.05) is 23.3 Å². The van der Waals surface area contributed by atoms with Crippen LogP contribution in [0.4, 0.5) is 11.4 Å². The normalized spacial score (nSPS) is 14.0. The molecule has 0 amide bonds. The van der Waals surface area contributed by atoms with E-state index in [-0.39, 0.29) is 76.8 Å². The minimum atomic E-state index is -1.19. The first kappa shape index (κ1) is 32.0. The first-order valence-corrected chi connectivity index (χ1v) is 12.1. The molecular weight excluding hydrogens is 576 g/mol. The molecule has 1 N–H and O–H groups in total. The van der Waals surface area contributed by atoms with Crippen LogP contribution in [0.15, 0.2) is 47.5 Å². The van der Waals surface area contributed by atoms with Crippen molar-refractivity contribution in [2.45, 2.75) is 0 Å². The Morgan fingerprint density at radius 1 is 0.674 bits per heavy atom. The Morgan fingerprint density at radius 3 is 1.44 bits per heavy atom. The Balaban J connectivity index is 0.000000236. The number of carbonyl (C=O) groups is 4. The molecule has 43 heavy (non-hydrogen) atoms. The minimum Gasteiger partial charge on any atom is -0.478 e. The van der Waals surface area contributed by atoms with E-state index >= 15 is 0 Å². The van der Waals surface area contributed by atoms with Gasteiger partial charge in [0.1, 0.15) is 0 Å². The van der Waals surface area contributed by atoms with Crippen LogP contribution in [0.5, 0.6) is 0 Å². The summed E-state index contributed by atoms with van der Waals surface area (Å²) in [6, 6.07) is 7.65. The van der Waals surface area contributed by atoms with E-state index in [4.69, 9.17) is 14.6 Å². The number of benzene rings is 2. The maximum atomic E-state index is 11.7. The smallest absolute Gasteiger partial charge is 0.338 e. The van der Waals surface area contributed by atoms with Gasteiger partial charge in [0.05, 0.1) is 91.0 Å². The van der Waals surface area contributed by atoms with E-state index in [1.165, 1.54) is 38.5 Å². The molecule has 16 heteroatoms. The molecule has 2 heterocycles. The lowest BCUT2D eigenvalue weighted by Gasteiger charge is -2.07. The second-order valence-electron chi connectivity index (χ2n) is 8.66. The summed E-state index contributed by atoms with van der Waals surface area (Å²) < 4.78 is 23.9. The summed E-state index contributed by atoms with van der Waals surface area (Å²) in [5.41, 5.74) is 0.586. The number of esters is 3. The molecule has 0 fully saturated rings. The molecule has 2 aromatic carbocycles. The van der Waals surface area contributed by atoms with Gasteiger partial charge in [-0.3, -0.25) is 20.2 Å². The van der Waals surface area contributed by atoms with Gasteiger partial charge < -0.3 is 28.8 Å². The number of carboxylic acids is 1. The predicted octanol–water partition coefficient (Wildman–Crippen LogP) is 2.59. The largest absolute Gasteiger partial charge is 0.478 e. The lowest BCUT2D eigenvalue weighted by molar-refractivity contribution is -0.385. The van der Waals surface area contributed by atoms with E-state index in [0.29, 0.717) is 5.57 Å². The molecule has 4 rings (SSSR count). The van der Waals surface area contributed by atoms with Crippen LogP contribution in [0, 0.1) is 20.2 Å². The Hall–Kier alpha value is -5.48. The summed E-state index contributed by atoms with van der Waals surface area (Å²) >= 11 is 0. The van der Waals surface area contributed by atoms with E-state index in [1.54, 1.807) is 0 Å². The summed E-state index contributed by atoms with van der Waals surface area (Å²) in [5.74, 6) is -3.17. The van der Waals surface area contributed by atoms with Crippen molar-refractivity contribution >= 4 is 46.4 Å². The van der Waals surface area contributed by atoms with Crippen molar-refractivity contribution in [1.29, 1.82) is 0 Å². The van der Waals surface area contributed by atoms with Gasteiger partial charge in [-0.2, -0.15) is 0 Å². The van der Waals surface area contributed by atoms with Gasteiger partial charge in [0.15, 0.2) is 0 Å². The zero-order valence-corrected chi connectivity index (χ0v) is 22.9. The van der Waals surface area contributed by atoms with Crippen LogP contribution in [0.1, 0.15) is 31.8 Å². The Kier molecular flexibility index (Phi) is 10.4. The SMILES string of the molecule is COC(=O)C1=C(c2ccc(C(=O)OC)cc2[N+](=O)[O-])COC1.COC(=O)c1ccc(C2=C(C(=O)O)COC2)c([N+](=O)[O-])c1. The molecule has 0 spiro atoms. The number of ether oxygens (including phenoxy) is 5. The fourth-order valence-electron chi connectivity index (χ4n) is 4.20. The quantitative estimate of drug-likeness (QED) is 0.199. The molecule has 0 aliphatic carbocycles. The number of methoxy groups -OCH3 is 3. The lowest BCUT2D eigenvalue weighted by Crippen LogP contribution is -2.08. The zero-order valence-electron chi connectivity index (χ0n) is 22.9. The Bertz CT molecular complexity index is 1570. The highest BCUT2D eigenvalue weighted by molar-refractivity contribution is 6.01. The minimum absolute atomic E-state index is 0.0179. The van der Waals surface area contributed by atoms with E-state index in [0.717, 1.165) is 19.2 Å². The van der Waals surface area contributed by atoms with Crippen molar-refractivity contribution in [3.63, 3.8) is 0 Å². The number of hydrogen-bond donors (Lipinski definition) is 1. The lowest BCUT2D eigenvalue weighted by atomic mass is 9.99. The van der Waals surface area contributed by atoms with Crippen molar-refractivity contribution in [2.24, 2.45) is 0 Å². The van der Waals surface area contributed by atoms with Crippen LogP contribution >= 0.6 is 0 Å². The first-order valence-electron chi connectivity index (χ1n) is 12.1. The maximum Gasteiger partial charge on any atom is 0.338 e. The molecule has 2 aliphatic heterocycles. The Morgan fingerprint density at radius 2 is 1.07 bits per heavy atom. The molecule has 0 atom stereocenters. The summed E-state index contributed by atoms with van der Waals surface area (Å²) in [7, 11) is 3.57. The van der Waals surface area contributed by atoms with E-state index < -0.39 is 33.7 Å². The van der Waals surface area contributed by atoms with Gasteiger partial charge in [-0.15, -0.1) is 0 Å². The van der Waals surface area contributed by atoms with Gasteiger partial charge in [-0.1, -0.05) is 0 Å². The fraction of sp³-hybridized carbons (Fsp3) is 0.259. The first-order chi connectivity index (χ1) is 20.4. The molecular formula is C27H24N2O14. The van der Waals surface area contributed by atoms with Crippen molar-refractivity contribution in [1.82, 2.24) is 0 Å². The number of rotatable bonds is 8. The maximum absolute atomic E-state index is 11.7. The van der Waals surface area contributed by atoms with Crippen molar-refractivity contribution in [3.05, 3.63) is 90.0 Å². The molecule has 0 bridgehead atoms. The van der Waals surface area contributed by atoms with Crippen LogP contribution in [0.25, 0.3) is 11.1 Å². The van der Waals surface area contributed by atoms with Crippen molar-refractivity contribution in [3.8, 4) is 0 Å². The number of nitrogens with zero attached hydrogens (tertiary/aromatic N) is 2. The summed E-state index contributed by atoms with van der Waals surface area (Å²) in [6.45, 7) is -0.0542. The standard InChI is InChI=1S/C14H13NO7.C13H11NO7/c1-20-13(16)8-3-4-9(12(5-8)15(18)19)10-6-22-7-11(10)14(17)21-2;1-20-13(17)7-2-3-8(11(4-7)14(18)19)9-5-21-6-10(9)12(15)16/h3-5H,6-7H2,1-2H3;2-4H,5-6H2,1H3,(H,15,16). The second kappa shape index (κ2) is 13.9. The van der Waals surface area contributed by atoms with E-state index in [2.05, 4.69) is 14.2 Å². The third-order valence-corrected chi connectivity index (χ3v) is 6.29. The van der Waals surface area contributed by atoms with Crippen LogP contribution in [0.2, 0.25) is 0 Å². The van der Waals surface area contributed by atoms with Gasteiger partial charge in [-0.25, -0.2) is 19.2 Å². The molecule has 2 aromatic rings. The zero-order chi connectivity index (χ0) is 31.8. The second-order valence-corrected chi connectivity index (χ2v) is 8.66. The third kappa shape index (κ3) is 7.06. The molecule has 0 unspecified atom stereocenters. The molecule has 0 radical (unpaired) electrons. The average molecular weight is 600 g/mol. The highest BCUT2D eigenvalue weighted by atomic mass is 16.6. The van der Waals surface area contributed by atoms with Gasteiger partial charge in [0.2, 0.25) is 0 Å². The van der Waals surface area contributed by atoms with E-state index in [9.17, 15) is 39.4 Å². The Labute approximate surface area is 242 Å². The average Bonchev–Trinajstić information content (AvgIpc) is 3.70. The van der Waals surface area contributed by atoms with Gasteiger partial charge in [0.25, 0.3) is 11.4 Å². The summed E-state index contributed by atoms with van der Waals surface area (Å²) in [6.07, 6.45) is 0. The van der Waals surface area contributed by atoms with Crippen LogP contribution < -0.4 is 0 Å². The van der Waals surface area contributed by atoms with Crippen molar-refractivity contribution < 1.29 is 57.8 Å². The van der Waals surface area contributed by atoms with Gasteiger partial charge in [-0.05, 0) is 24.3 Å². The number of carboxylic acid groups (broad SMARTS) is 1. The van der Waals surface area contributed by atoms with Crippen molar-refractivity contribution in [2.75, 3.05) is 47.8 Å². The van der Waals surface area contributed by atoms with Crippen LogP contribution in [-0.2, 0) is 33.3 Å². The molecule has 0 aromatic heterocycles. The number of nitro benzene ring substituents is 2. The monoisotopic (exact) mass is 600 g/mol. The van der Waals surface area contributed by atoms with Crippen LogP contribution in [-0.4, -0.2) is 86.6 Å². The number of hydrogen-bond acceptors (Lipinski definition) is 13. The molecule has 16 nitrogen and oxygen atoms in total. The van der Waals surface area contributed by atoms with Crippen LogP contribution in [0.3, 0.4) is 0 Å². The molecule has 2 aliphatic rings. The van der Waals surface area contributed by atoms with E-state index in [1.807, 2.05) is 0 Å².